The van der Waals surface area contributed by atoms with Gasteiger partial charge in [-0.15, -0.1) is 20.4 Å². The van der Waals surface area contributed by atoms with Crippen LogP contribution in [-0.4, -0.2) is 90.7 Å². The maximum atomic E-state index is 13.6. The Balaban J connectivity index is 0.000000151. The summed E-state index contributed by atoms with van der Waals surface area (Å²) >= 11 is 0. The summed E-state index contributed by atoms with van der Waals surface area (Å²) in [6, 6.07) is 20.4. The van der Waals surface area contributed by atoms with Gasteiger partial charge in [-0.2, -0.15) is 9.97 Å². The number of aromatic nitrogens is 10. The van der Waals surface area contributed by atoms with Crippen LogP contribution in [0.4, 0.5) is 13.6 Å². The number of hydrogen-bond donors (Lipinski definition) is 1. The zero-order valence-corrected chi connectivity index (χ0v) is 37.0. The maximum absolute atomic E-state index is 13.6. The van der Waals surface area contributed by atoms with Gasteiger partial charge in [0.25, 0.3) is 0 Å². The van der Waals surface area contributed by atoms with Crippen molar-refractivity contribution < 1.29 is 27.1 Å². The molecule has 0 bridgehead atoms. The van der Waals surface area contributed by atoms with Gasteiger partial charge >= 0.3 is 17.8 Å². The molecule has 1 amide bonds. The van der Waals surface area contributed by atoms with E-state index >= 15 is 0 Å². The summed E-state index contributed by atoms with van der Waals surface area (Å²) in [6.45, 7) is 8.73. The number of rotatable bonds is 6. The minimum absolute atomic E-state index is 0.0162. The van der Waals surface area contributed by atoms with Gasteiger partial charge < -0.3 is 23.8 Å². The first kappa shape index (κ1) is 41.9. The van der Waals surface area contributed by atoms with E-state index in [2.05, 4.69) is 46.3 Å². The molecule has 10 aromatic rings. The largest absolute Gasteiger partial charge is 0.444 e. The Bertz CT molecular complexity index is 3390. The van der Waals surface area contributed by atoms with Gasteiger partial charge in [-0.1, -0.05) is 0 Å². The topological polar surface area (TPSA) is 163 Å². The summed E-state index contributed by atoms with van der Waals surface area (Å²) in [5.74, 6) is 2.46. The summed E-state index contributed by atoms with van der Waals surface area (Å²) in [5, 5.41) is 21.2. The number of amides is 1. The fraction of sp³-hybridized carbons (Fsp3) is 0.286. The zero-order chi connectivity index (χ0) is 45.8. The molecule has 2 aliphatic heterocycles. The molecule has 18 heteroatoms. The molecule has 340 valence electrons. The van der Waals surface area contributed by atoms with Gasteiger partial charge in [0.2, 0.25) is 0 Å². The highest BCUT2D eigenvalue weighted by Gasteiger charge is 2.31. The van der Waals surface area contributed by atoms with Gasteiger partial charge in [0.1, 0.15) is 52.8 Å². The molecule has 16 nitrogen and oxygen atoms in total. The van der Waals surface area contributed by atoms with Crippen LogP contribution in [0.2, 0.25) is 0 Å². The van der Waals surface area contributed by atoms with Crippen molar-refractivity contribution in [1.82, 2.24) is 58.2 Å². The number of pyridine rings is 2. The Kier molecular flexibility index (Phi) is 10.6. The number of hydrogen-bond acceptors (Lipinski definition) is 11. The number of ether oxygens (including phenoxy) is 1. The second kappa shape index (κ2) is 16.9. The van der Waals surface area contributed by atoms with Crippen LogP contribution in [0.25, 0.3) is 68.0 Å². The molecule has 0 saturated carbocycles. The second-order valence-electron chi connectivity index (χ2n) is 18.0. The molecule has 2 fully saturated rings. The Labute approximate surface area is 381 Å². The molecule has 0 radical (unpaired) electrons. The summed E-state index contributed by atoms with van der Waals surface area (Å²) < 4.78 is 51.6. The van der Waals surface area contributed by atoms with Gasteiger partial charge in [0.15, 0.2) is 11.3 Å². The van der Waals surface area contributed by atoms with Crippen LogP contribution >= 0.6 is 0 Å². The molecule has 2 unspecified atom stereocenters. The quantitative estimate of drug-likeness (QED) is 0.169. The standard InChI is InChI=1S/C27H27FN6O3.C22H19FN6O/c1-27(2,3)37-26(35)32-12-4-5-19(15-32)24-31-30-21-11-8-18(16-34(21)24)23-22(17-6-9-20(28)10-7-17)29-25-33(23)13-14-36-25;23-17-6-3-14(4-7-17)19-20(28-10-11-30-22(28)25-19)16-5-8-18-26-27-21(29(18)13-16)15-2-1-9-24-12-15/h6-11,13-14,16,19H,4-5,12,15H2,1-3H3;3-8,10-11,13,15,24H,1-2,9,12H2. The molecule has 2 aromatic carbocycles. The van der Waals surface area contributed by atoms with Crippen LogP contribution in [-0.2, 0) is 4.74 Å². The summed E-state index contributed by atoms with van der Waals surface area (Å²) in [6.07, 6.45) is 14.5. The number of halogens is 2. The van der Waals surface area contributed by atoms with E-state index in [0.29, 0.717) is 42.0 Å². The fourth-order valence-electron chi connectivity index (χ4n) is 9.15. The number of oxazole rings is 2. The number of fused-ring (bicyclic) bond motifs is 4. The Hall–Kier alpha value is -7.73. The van der Waals surface area contributed by atoms with Crippen molar-refractivity contribution in [2.24, 2.45) is 0 Å². The van der Waals surface area contributed by atoms with Crippen molar-refractivity contribution in [3.05, 3.63) is 133 Å². The van der Waals surface area contributed by atoms with E-state index in [4.69, 9.17) is 13.6 Å². The average Bonchev–Trinajstić information content (AvgIpc) is 4.20. The molecular formula is C49H46F2N12O4. The van der Waals surface area contributed by atoms with E-state index < -0.39 is 5.60 Å². The highest BCUT2D eigenvalue weighted by Crippen LogP contribution is 2.36. The SMILES string of the molecule is CC(C)(C)OC(=O)N1CCCC(c2nnc3ccc(-c4c(-c5ccc(F)cc5)nc5occn45)cn23)C1.Fc1ccc(-c2nc3occn3c2-c2ccc3nnc(C4CCCNC4)n3c2)cc1. The number of piperidine rings is 2. The minimum Gasteiger partial charge on any atom is -0.444 e. The molecule has 1 N–H and O–H groups in total. The second-order valence-corrected chi connectivity index (χ2v) is 18.0. The monoisotopic (exact) mass is 904 g/mol. The number of carbonyl (C=O) groups is 1. The average molecular weight is 905 g/mol. The number of nitrogens with zero attached hydrogens (tertiary/aromatic N) is 11. The lowest BCUT2D eigenvalue weighted by molar-refractivity contribution is 0.0195. The highest BCUT2D eigenvalue weighted by atomic mass is 19.1. The van der Waals surface area contributed by atoms with Crippen molar-refractivity contribution in [1.29, 1.82) is 0 Å². The van der Waals surface area contributed by atoms with Crippen molar-refractivity contribution in [2.45, 2.75) is 63.9 Å². The van der Waals surface area contributed by atoms with Crippen LogP contribution in [0.15, 0.2) is 119 Å². The van der Waals surface area contributed by atoms with E-state index in [1.807, 2.05) is 76.8 Å². The first-order valence-corrected chi connectivity index (χ1v) is 22.4. The lowest BCUT2D eigenvalue weighted by Crippen LogP contribution is -2.42. The molecule has 2 saturated heterocycles. The van der Waals surface area contributed by atoms with Gasteiger partial charge in [0, 0.05) is 78.5 Å². The van der Waals surface area contributed by atoms with E-state index in [-0.39, 0.29) is 23.6 Å². The van der Waals surface area contributed by atoms with Crippen LogP contribution in [0, 0.1) is 11.6 Å². The smallest absolute Gasteiger partial charge is 0.410 e. The maximum Gasteiger partial charge on any atom is 0.410 e. The first-order chi connectivity index (χ1) is 32.5. The molecule has 0 aliphatic carbocycles. The normalized spacial score (nSPS) is 16.8. The lowest BCUT2D eigenvalue weighted by Gasteiger charge is -2.33. The van der Waals surface area contributed by atoms with Crippen molar-refractivity contribution in [3.63, 3.8) is 0 Å². The molecule has 2 atom stereocenters. The molecule has 0 spiro atoms. The number of nitrogens with one attached hydrogen (secondary N) is 1. The van der Waals surface area contributed by atoms with Crippen LogP contribution < -0.4 is 5.32 Å². The summed E-state index contributed by atoms with van der Waals surface area (Å²) in [5.41, 5.74) is 7.54. The third-order valence-electron chi connectivity index (χ3n) is 12.3. The highest BCUT2D eigenvalue weighted by molar-refractivity contribution is 5.82. The third-order valence-corrected chi connectivity index (χ3v) is 12.3. The number of benzene rings is 2. The van der Waals surface area contributed by atoms with Gasteiger partial charge in [-0.25, -0.2) is 13.6 Å². The minimum atomic E-state index is -0.549. The third kappa shape index (κ3) is 8.06. The summed E-state index contributed by atoms with van der Waals surface area (Å²) in [4.78, 5) is 23.8. The van der Waals surface area contributed by atoms with Gasteiger partial charge in [-0.05, 0) is 126 Å². The molecule has 10 heterocycles. The molecular weight excluding hydrogens is 859 g/mol. The first-order valence-electron chi connectivity index (χ1n) is 22.4. The number of carbonyl (C=O) groups excluding carboxylic acids is 1. The van der Waals surface area contributed by atoms with E-state index in [0.717, 1.165) is 95.4 Å². The lowest BCUT2D eigenvalue weighted by atomic mass is 9.97. The van der Waals surface area contributed by atoms with Gasteiger partial charge in [0.05, 0.1) is 11.4 Å². The Morgan fingerprint density at radius 3 is 1.67 bits per heavy atom. The van der Waals surface area contributed by atoms with Crippen molar-refractivity contribution >= 4 is 29.1 Å². The molecule has 2 aliphatic rings. The number of likely N-dealkylation sites (tertiary alicyclic amines) is 1. The van der Waals surface area contributed by atoms with Crippen LogP contribution in [0.3, 0.4) is 0 Å². The van der Waals surface area contributed by atoms with E-state index in [9.17, 15) is 13.6 Å². The number of imidazole rings is 2. The summed E-state index contributed by atoms with van der Waals surface area (Å²) in [7, 11) is 0. The van der Waals surface area contributed by atoms with E-state index in [1.165, 1.54) is 24.3 Å². The Morgan fingerprint density at radius 1 is 0.657 bits per heavy atom. The molecule has 12 rings (SSSR count). The van der Waals surface area contributed by atoms with Gasteiger partial charge in [-0.3, -0.25) is 17.6 Å². The zero-order valence-electron chi connectivity index (χ0n) is 37.0. The molecule has 67 heavy (non-hydrogen) atoms. The predicted molar refractivity (Wildman–Crippen MR) is 244 cm³/mol. The van der Waals surface area contributed by atoms with Crippen LogP contribution in [0.5, 0.6) is 0 Å². The Morgan fingerprint density at radius 2 is 1.16 bits per heavy atom. The fourth-order valence-corrected chi connectivity index (χ4v) is 9.15. The van der Waals surface area contributed by atoms with Crippen molar-refractivity contribution in [3.8, 4) is 45.0 Å². The van der Waals surface area contributed by atoms with Crippen LogP contribution in [0.1, 0.15) is 69.9 Å². The predicted octanol–water partition coefficient (Wildman–Crippen LogP) is 9.47. The van der Waals surface area contributed by atoms with E-state index in [1.54, 1.807) is 41.7 Å². The van der Waals surface area contributed by atoms with Crippen molar-refractivity contribution in [2.75, 3.05) is 26.2 Å². The molecule has 8 aromatic heterocycles.